The third kappa shape index (κ3) is 2.07. The lowest BCUT2D eigenvalue weighted by Crippen LogP contribution is -2.11. The van der Waals surface area contributed by atoms with Crippen molar-refractivity contribution in [3.05, 3.63) is 17.8 Å². The van der Waals surface area contributed by atoms with Crippen molar-refractivity contribution in [1.29, 1.82) is 5.26 Å². The van der Waals surface area contributed by atoms with Crippen molar-refractivity contribution >= 4 is 5.82 Å². The normalized spacial score (nSPS) is 16.3. The number of hydrogen-bond donors (Lipinski definition) is 0. The fraction of sp³-hybridized carbons (Fsp3) is 0.545. The number of rotatable bonds is 2. The zero-order valence-electron chi connectivity index (χ0n) is 8.85. The fourth-order valence-electron chi connectivity index (χ4n) is 2.00. The van der Waals surface area contributed by atoms with E-state index in [1.165, 1.54) is 30.6 Å². The molecule has 0 aliphatic heterocycles. The first-order chi connectivity index (χ1) is 7.31. The SMILES string of the molecule is CN(C#N)c1ccc(C2CCCC2)nn1. The minimum absolute atomic E-state index is 0.582. The van der Waals surface area contributed by atoms with Crippen LogP contribution in [0, 0.1) is 11.5 Å². The molecular formula is C11H14N4. The van der Waals surface area contributed by atoms with Gasteiger partial charge in [-0.2, -0.15) is 10.4 Å². The average Bonchev–Trinajstić information content (AvgIpc) is 2.82. The van der Waals surface area contributed by atoms with Gasteiger partial charge in [0.05, 0.1) is 5.69 Å². The molecule has 1 fully saturated rings. The highest BCUT2D eigenvalue weighted by Crippen LogP contribution is 2.32. The highest BCUT2D eigenvalue weighted by atomic mass is 15.2. The molecule has 0 unspecified atom stereocenters. The minimum Gasteiger partial charge on any atom is -0.265 e. The van der Waals surface area contributed by atoms with Gasteiger partial charge in [0.2, 0.25) is 0 Å². The third-order valence-electron chi connectivity index (χ3n) is 2.94. The van der Waals surface area contributed by atoms with Crippen LogP contribution in [0.5, 0.6) is 0 Å². The van der Waals surface area contributed by atoms with Crippen LogP contribution in [0.3, 0.4) is 0 Å². The van der Waals surface area contributed by atoms with Crippen LogP contribution < -0.4 is 4.90 Å². The second kappa shape index (κ2) is 4.26. The molecule has 4 nitrogen and oxygen atoms in total. The smallest absolute Gasteiger partial charge is 0.185 e. The predicted octanol–water partition coefficient (Wildman–Crippen LogP) is 2.05. The summed E-state index contributed by atoms with van der Waals surface area (Å²) >= 11 is 0. The summed E-state index contributed by atoms with van der Waals surface area (Å²) in [5.74, 6) is 1.19. The van der Waals surface area contributed by atoms with Crippen molar-refractivity contribution in [1.82, 2.24) is 10.2 Å². The van der Waals surface area contributed by atoms with Crippen LogP contribution in [-0.2, 0) is 0 Å². The van der Waals surface area contributed by atoms with Gasteiger partial charge in [-0.3, -0.25) is 4.90 Å². The molecule has 1 aromatic rings. The Hall–Kier alpha value is -1.63. The van der Waals surface area contributed by atoms with E-state index in [9.17, 15) is 0 Å². The molecule has 1 aliphatic rings. The molecule has 0 saturated heterocycles. The van der Waals surface area contributed by atoms with Crippen LogP contribution in [-0.4, -0.2) is 17.2 Å². The van der Waals surface area contributed by atoms with E-state index in [2.05, 4.69) is 10.2 Å². The van der Waals surface area contributed by atoms with Gasteiger partial charge in [-0.25, -0.2) is 0 Å². The number of nitrogens with zero attached hydrogens (tertiary/aromatic N) is 4. The molecular weight excluding hydrogens is 188 g/mol. The van der Waals surface area contributed by atoms with E-state index >= 15 is 0 Å². The van der Waals surface area contributed by atoms with Gasteiger partial charge >= 0.3 is 0 Å². The number of nitriles is 1. The second-order valence-corrected chi connectivity index (χ2v) is 3.96. The zero-order valence-corrected chi connectivity index (χ0v) is 8.85. The maximum absolute atomic E-state index is 8.68. The van der Waals surface area contributed by atoms with E-state index in [1.807, 2.05) is 18.3 Å². The van der Waals surface area contributed by atoms with Crippen LogP contribution in [0.4, 0.5) is 5.82 Å². The monoisotopic (exact) mass is 202 g/mol. The topological polar surface area (TPSA) is 52.8 Å². The van der Waals surface area contributed by atoms with Gasteiger partial charge in [-0.1, -0.05) is 12.8 Å². The molecule has 2 rings (SSSR count). The second-order valence-electron chi connectivity index (χ2n) is 3.96. The molecule has 0 radical (unpaired) electrons. The van der Waals surface area contributed by atoms with Gasteiger partial charge in [0, 0.05) is 13.0 Å². The molecule has 15 heavy (non-hydrogen) atoms. The summed E-state index contributed by atoms with van der Waals surface area (Å²) in [4.78, 5) is 1.41. The van der Waals surface area contributed by atoms with E-state index in [0.29, 0.717) is 11.7 Å². The Morgan fingerprint density at radius 1 is 1.33 bits per heavy atom. The molecule has 1 heterocycles. The van der Waals surface area contributed by atoms with Crippen LogP contribution in [0.25, 0.3) is 0 Å². The van der Waals surface area contributed by atoms with Crippen molar-refractivity contribution in [3.8, 4) is 6.19 Å². The molecule has 0 bridgehead atoms. The molecule has 4 heteroatoms. The summed E-state index contributed by atoms with van der Waals surface area (Å²) in [6, 6.07) is 3.86. The summed E-state index contributed by atoms with van der Waals surface area (Å²) in [5, 5.41) is 16.9. The van der Waals surface area contributed by atoms with Crippen LogP contribution in [0.2, 0.25) is 0 Å². The van der Waals surface area contributed by atoms with Crippen LogP contribution in [0.15, 0.2) is 12.1 Å². The van der Waals surface area contributed by atoms with Crippen molar-refractivity contribution < 1.29 is 0 Å². The molecule has 1 aliphatic carbocycles. The quantitative estimate of drug-likeness (QED) is 0.544. The number of hydrogen-bond acceptors (Lipinski definition) is 4. The van der Waals surface area contributed by atoms with Gasteiger partial charge in [-0.05, 0) is 25.0 Å². The predicted molar refractivity (Wildman–Crippen MR) is 57.3 cm³/mol. The maximum Gasteiger partial charge on any atom is 0.185 e. The molecule has 0 spiro atoms. The Morgan fingerprint density at radius 3 is 2.60 bits per heavy atom. The van der Waals surface area contributed by atoms with Crippen molar-refractivity contribution in [3.63, 3.8) is 0 Å². The molecule has 1 saturated carbocycles. The van der Waals surface area contributed by atoms with E-state index < -0.39 is 0 Å². The van der Waals surface area contributed by atoms with Crippen molar-refractivity contribution in [2.45, 2.75) is 31.6 Å². The standard InChI is InChI=1S/C11H14N4/c1-15(8-12)11-7-6-10(13-14-11)9-4-2-3-5-9/h6-7,9H,2-5H2,1H3. The van der Waals surface area contributed by atoms with Gasteiger partial charge in [0.15, 0.2) is 12.0 Å². The van der Waals surface area contributed by atoms with Crippen LogP contribution in [0.1, 0.15) is 37.3 Å². The zero-order chi connectivity index (χ0) is 10.7. The van der Waals surface area contributed by atoms with Gasteiger partial charge in [0.1, 0.15) is 0 Å². The Kier molecular flexibility index (Phi) is 2.82. The average molecular weight is 202 g/mol. The Morgan fingerprint density at radius 2 is 2.07 bits per heavy atom. The summed E-state index contributed by atoms with van der Waals surface area (Å²) in [6.07, 6.45) is 7.05. The minimum atomic E-state index is 0.582. The van der Waals surface area contributed by atoms with Crippen molar-refractivity contribution in [2.24, 2.45) is 0 Å². The number of anilines is 1. The summed E-state index contributed by atoms with van der Waals surface area (Å²) in [6.45, 7) is 0. The van der Waals surface area contributed by atoms with E-state index in [0.717, 1.165) is 5.69 Å². The maximum atomic E-state index is 8.68. The highest BCUT2D eigenvalue weighted by Gasteiger charge is 2.18. The van der Waals surface area contributed by atoms with E-state index in [1.54, 1.807) is 7.05 Å². The van der Waals surface area contributed by atoms with Crippen molar-refractivity contribution in [2.75, 3.05) is 11.9 Å². The van der Waals surface area contributed by atoms with Gasteiger partial charge < -0.3 is 0 Å². The summed E-state index contributed by atoms with van der Waals surface area (Å²) < 4.78 is 0. The van der Waals surface area contributed by atoms with E-state index in [4.69, 9.17) is 5.26 Å². The van der Waals surface area contributed by atoms with Gasteiger partial charge in [0.25, 0.3) is 0 Å². The summed E-state index contributed by atoms with van der Waals surface area (Å²) in [5.41, 5.74) is 1.07. The lowest BCUT2D eigenvalue weighted by atomic mass is 10.0. The first-order valence-electron chi connectivity index (χ1n) is 5.28. The molecule has 0 amide bonds. The van der Waals surface area contributed by atoms with Gasteiger partial charge in [-0.15, -0.1) is 5.10 Å². The highest BCUT2D eigenvalue weighted by molar-refractivity contribution is 5.41. The summed E-state index contributed by atoms with van der Waals surface area (Å²) in [7, 11) is 1.68. The lowest BCUT2D eigenvalue weighted by Gasteiger charge is -2.10. The Bertz CT molecular complexity index is 359. The molecule has 1 aromatic heterocycles. The molecule has 0 N–H and O–H groups in total. The fourth-order valence-corrected chi connectivity index (χ4v) is 2.00. The largest absolute Gasteiger partial charge is 0.265 e. The first-order valence-corrected chi connectivity index (χ1v) is 5.28. The third-order valence-corrected chi connectivity index (χ3v) is 2.94. The molecule has 0 aromatic carbocycles. The number of aromatic nitrogens is 2. The molecule has 0 atom stereocenters. The first kappa shape index (κ1) is 9.91. The molecule has 78 valence electrons. The Balaban J connectivity index is 2.13. The Labute approximate surface area is 89.5 Å². The lowest BCUT2D eigenvalue weighted by molar-refractivity contribution is 0.680. The van der Waals surface area contributed by atoms with E-state index in [-0.39, 0.29) is 0 Å². The van der Waals surface area contributed by atoms with Crippen LogP contribution >= 0.6 is 0 Å².